The lowest BCUT2D eigenvalue weighted by Crippen LogP contribution is -2.06. The van der Waals surface area contributed by atoms with Crippen molar-refractivity contribution in [2.75, 3.05) is 0 Å². The number of hydrogen-bond acceptors (Lipinski definition) is 3. The molecule has 3 heteroatoms. The van der Waals surface area contributed by atoms with Gasteiger partial charge in [0.25, 0.3) is 0 Å². The Hall–Kier alpha value is -1.71. The molecule has 1 aromatic rings. The lowest BCUT2D eigenvalue weighted by Gasteiger charge is -2.09. The van der Waals surface area contributed by atoms with Crippen molar-refractivity contribution in [2.24, 2.45) is 0 Å². The van der Waals surface area contributed by atoms with E-state index in [1.807, 2.05) is 6.08 Å². The number of hydrogen-bond donors (Lipinski definition) is 2. The van der Waals surface area contributed by atoms with Crippen LogP contribution in [-0.2, 0) is 11.2 Å². The quantitative estimate of drug-likeness (QED) is 0.542. The highest BCUT2D eigenvalue weighted by atomic mass is 16.3. The van der Waals surface area contributed by atoms with E-state index in [2.05, 4.69) is 31.2 Å². The van der Waals surface area contributed by atoms with Gasteiger partial charge in [-0.05, 0) is 55.7 Å². The first-order chi connectivity index (χ1) is 11.1. The predicted octanol–water partition coefficient (Wildman–Crippen LogP) is 3.44. The van der Waals surface area contributed by atoms with E-state index in [1.165, 1.54) is 22.3 Å². The first kappa shape index (κ1) is 17.6. The topological polar surface area (TPSA) is 57.5 Å². The van der Waals surface area contributed by atoms with Crippen LogP contribution < -0.4 is 0 Å². The maximum absolute atomic E-state index is 10.2. The molecule has 0 saturated carbocycles. The number of fused-ring (bicyclic) bond motifs is 1. The number of carbonyl (C=O) groups is 1. The minimum Gasteiger partial charge on any atom is -0.393 e. The Morgan fingerprint density at radius 1 is 1.22 bits per heavy atom. The third kappa shape index (κ3) is 5.15. The maximum Gasteiger partial charge on any atom is 0.120 e. The molecule has 23 heavy (non-hydrogen) atoms. The van der Waals surface area contributed by atoms with Crippen LogP contribution in [-0.4, -0.2) is 28.7 Å². The second-order valence-corrected chi connectivity index (χ2v) is 6.23. The molecule has 0 saturated heterocycles. The Bertz CT molecular complexity index is 586. The van der Waals surface area contributed by atoms with Gasteiger partial charge in [0, 0.05) is 6.42 Å². The van der Waals surface area contributed by atoms with Crippen molar-refractivity contribution >= 4 is 11.9 Å². The molecule has 3 nitrogen and oxygen atoms in total. The smallest absolute Gasteiger partial charge is 0.120 e. The molecule has 0 aromatic heterocycles. The predicted molar refractivity (Wildman–Crippen MR) is 93.0 cm³/mol. The third-order valence-corrected chi connectivity index (χ3v) is 4.48. The Morgan fingerprint density at radius 3 is 2.74 bits per heavy atom. The van der Waals surface area contributed by atoms with Crippen molar-refractivity contribution in [1.29, 1.82) is 0 Å². The van der Waals surface area contributed by atoms with Gasteiger partial charge >= 0.3 is 0 Å². The van der Waals surface area contributed by atoms with Gasteiger partial charge in [-0.15, -0.1) is 0 Å². The molecule has 0 amide bonds. The van der Waals surface area contributed by atoms with E-state index in [4.69, 9.17) is 0 Å². The number of aliphatic hydroxyl groups excluding tert-OH is 2. The second kappa shape index (κ2) is 8.80. The van der Waals surface area contributed by atoms with Crippen molar-refractivity contribution in [1.82, 2.24) is 0 Å². The molecular weight excluding hydrogens is 288 g/mol. The number of benzene rings is 1. The van der Waals surface area contributed by atoms with Gasteiger partial charge in [-0.1, -0.05) is 42.0 Å². The minimum atomic E-state index is -0.502. The normalized spacial score (nSPS) is 16.7. The van der Waals surface area contributed by atoms with Gasteiger partial charge in [0.2, 0.25) is 0 Å². The molecular formula is C20H26O3. The molecule has 0 spiro atoms. The molecule has 0 fully saturated rings. The zero-order valence-corrected chi connectivity index (χ0v) is 13.7. The van der Waals surface area contributed by atoms with Gasteiger partial charge < -0.3 is 15.0 Å². The average molecular weight is 314 g/mol. The zero-order valence-electron chi connectivity index (χ0n) is 13.7. The van der Waals surface area contributed by atoms with Gasteiger partial charge in [-0.25, -0.2) is 0 Å². The summed E-state index contributed by atoms with van der Waals surface area (Å²) in [7, 11) is 0. The maximum atomic E-state index is 10.2. The highest BCUT2D eigenvalue weighted by molar-refractivity contribution is 5.74. The summed E-state index contributed by atoms with van der Waals surface area (Å²) in [5.74, 6) is 0. The molecule has 0 heterocycles. The first-order valence-electron chi connectivity index (χ1n) is 8.35. The van der Waals surface area contributed by atoms with E-state index in [0.717, 1.165) is 19.1 Å². The van der Waals surface area contributed by atoms with E-state index in [-0.39, 0.29) is 0 Å². The van der Waals surface area contributed by atoms with Gasteiger partial charge in [0.15, 0.2) is 0 Å². The van der Waals surface area contributed by atoms with E-state index in [9.17, 15) is 15.0 Å². The van der Waals surface area contributed by atoms with Crippen LogP contribution in [0.5, 0.6) is 0 Å². The SMILES string of the molecule is CC1=C(CCC(O)C=CCC(O)CCC=O)Cc2ccccc21. The standard InChI is InChI=1S/C20H26O3/c1-15-16(14-17-6-2-3-10-20(15)17)11-12-19(23)8-4-7-18(22)9-5-13-21/h2-4,6,8,10,13,18-19,22-23H,5,7,9,11-12,14H2,1H3. The van der Waals surface area contributed by atoms with Gasteiger partial charge in [-0.3, -0.25) is 0 Å². The molecule has 1 aromatic carbocycles. The summed E-state index contributed by atoms with van der Waals surface area (Å²) in [5.41, 5.74) is 5.47. The number of carbonyl (C=O) groups excluding carboxylic acids is 1. The van der Waals surface area contributed by atoms with Crippen LogP contribution in [0.1, 0.15) is 50.2 Å². The summed E-state index contributed by atoms with van der Waals surface area (Å²) < 4.78 is 0. The van der Waals surface area contributed by atoms with Crippen LogP contribution in [0.3, 0.4) is 0 Å². The molecule has 0 bridgehead atoms. The fourth-order valence-corrected chi connectivity index (χ4v) is 3.06. The number of aliphatic hydroxyl groups is 2. The van der Waals surface area contributed by atoms with Crippen LogP contribution >= 0.6 is 0 Å². The summed E-state index contributed by atoms with van der Waals surface area (Å²) in [4.78, 5) is 10.2. The number of rotatable bonds is 9. The molecule has 1 aliphatic carbocycles. The van der Waals surface area contributed by atoms with Crippen molar-refractivity contribution < 1.29 is 15.0 Å². The number of aldehydes is 1. The average Bonchev–Trinajstić information content (AvgIpc) is 2.87. The van der Waals surface area contributed by atoms with Crippen LogP contribution in [0, 0.1) is 0 Å². The first-order valence-corrected chi connectivity index (χ1v) is 8.35. The van der Waals surface area contributed by atoms with Crippen LogP contribution in [0.15, 0.2) is 42.0 Å². The summed E-state index contributed by atoms with van der Waals surface area (Å²) in [5, 5.41) is 19.7. The van der Waals surface area contributed by atoms with E-state index in [1.54, 1.807) is 6.08 Å². The van der Waals surface area contributed by atoms with Gasteiger partial charge in [0.1, 0.15) is 6.29 Å². The molecule has 2 unspecified atom stereocenters. The van der Waals surface area contributed by atoms with E-state index >= 15 is 0 Å². The Kier molecular flexibility index (Phi) is 6.75. The summed E-state index contributed by atoms with van der Waals surface area (Å²) >= 11 is 0. The summed E-state index contributed by atoms with van der Waals surface area (Å²) in [6.45, 7) is 2.16. The zero-order chi connectivity index (χ0) is 16.7. The minimum absolute atomic E-state index is 0.381. The summed E-state index contributed by atoms with van der Waals surface area (Å²) in [6, 6.07) is 8.47. The lowest BCUT2D eigenvalue weighted by atomic mass is 10.0. The highest BCUT2D eigenvalue weighted by Gasteiger charge is 2.17. The highest BCUT2D eigenvalue weighted by Crippen LogP contribution is 2.34. The van der Waals surface area contributed by atoms with Gasteiger partial charge in [0.05, 0.1) is 12.2 Å². The molecule has 2 rings (SSSR count). The molecule has 2 N–H and O–H groups in total. The van der Waals surface area contributed by atoms with Gasteiger partial charge in [-0.2, -0.15) is 0 Å². The third-order valence-electron chi connectivity index (χ3n) is 4.48. The molecule has 124 valence electrons. The van der Waals surface area contributed by atoms with Crippen LogP contribution in [0.4, 0.5) is 0 Å². The van der Waals surface area contributed by atoms with E-state index < -0.39 is 12.2 Å². The Labute approximate surface area is 138 Å². The number of allylic oxidation sites excluding steroid dienone is 2. The monoisotopic (exact) mass is 314 g/mol. The fourth-order valence-electron chi connectivity index (χ4n) is 3.06. The lowest BCUT2D eigenvalue weighted by molar-refractivity contribution is -0.108. The van der Waals surface area contributed by atoms with Crippen LogP contribution in [0.2, 0.25) is 0 Å². The second-order valence-electron chi connectivity index (χ2n) is 6.23. The largest absolute Gasteiger partial charge is 0.393 e. The fraction of sp³-hybridized carbons (Fsp3) is 0.450. The molecule has 2 atom stereocenters. The van der Waals surface area contributed by atoms with Crippen molar-refractivity contribution in [3.05, 3.63) is 53.1 Å². The van der Waals surface area contributed by atoms with Crippen LogP contribution in [0.25, 0.3) is 5.57 Å². The van der Waals surface area contributed by atoms with Crippen molar-refractivity contribution in [3.8, 4) is 0 Å². The molecule has 0 radical (unpaired) electrons. The molecule has 1 aliphatic rings. The summed E-state index contributed by atoms with van der Waals surface area (Å²) in [6.07, 6.45) is 7.31. The van der Waals surface area contributed by atoms with Crippen molar-refractivity contribution in [2.45, 2.75) is 57.7 Å². The Morgan fingerprint density at radius 2 is 2.00 bits per heavy atom. The van der Waals surface area contributed by atoms with Crippen molar-refractivity contribution in [3.63, 3.8) is 0 Å². The molecule has 0 aliphatic heterocycles. The van der Waals surface area contributed by atoms with E-state index in [0.29, 0.717) is 25.7 Å². The Balaban J connectivity index is 1.76.